The molecule has 4 heterocycles. The molecular weight excluding hydrogens is 476 g/mol. The summed E-state index contributed by atoms with van der Waals surface area (Å²) in [4.78, 5) is 26.7. The van der Waals surface area contributed by atoms with Crippen LogP contribution in [0.4, 0.5) is 11.5 Å². The lowest BCUT2D eigenvalue weighted by atomic mass is 9.99. The van der Waals surface area contributed by atoms with Gasteiger partial charge in [-0.25, -0.2) is 9.97 Å². The third-order valence-corrected chi connectivity index (χ3v) is 7.67. The normalized spacial score (nSPS) is 18.4. The van der Waals surface area contributed by atoms with Gasteiger partial charge in [0.25, 0.3) is 0 Å². The molecule has 38 heavy (non-hydrogen) atoms. The maximum atomic E-state index is 12.6. The van der Waals surface area contributed by atoms with Crippen LogP contribution in [0.5, 0.6) is 0 Å². The molecule has 2 aliphatic heterocycles. The maximum Gasteiger partial charge on any atom is 0.241 e. The number of benzene rings is 2. The van der Waals surface area contributed by atoms with E-state index >= 15 is 0 Å². The zero-order valence-electron chi connectivity index (χ0n) is 22.0. The molecule has 196 valence electrons. The molecule has 2 fully saturated rings. The molecular formula is C30H34N6O2. The summed E-state index contributed by atoms with van der Waals surface area (Å²) in [5.41, 5.74) is 4.33. The van der Waals surface area contributed by atoms with E-state index in [-0.39, 0.29) is 11.9 Å². The van der Waals surface area contributed by atoms with Crippen molar-refractivity contribution >= 4 is 28.5 Å². The lowest BCUT2D eigenvalue weighted by molar-refractivity contribution is -0.117. The fraction of sp³-hybridized carbons (Fsp3) is 0.367. The lowest BCUT2D eigenvalue weighted by Crippen LogP contribution is -2.49. The number of carbonyl (C=O) groups excluding carboxylic acids is 1. The van der Waals surface area contributed by atoms with Crippen LogP contribution in [0.3, 0.4) is 0 Å². The van der Waals surface area contributed by atoms with Gasteiger partial charge in [0.15, 0.2) is 0 Å². The second kappa shape index (κ2) is 10.6. The summed E-state index contributed by atoms with van der Waals surface area (Å²) in [6.45, 7) is 9.19. The van der Waals surface area contributed by atoms with Crippen molar-refractivity contribution < 1.29 is 9.21 Å². The Morgan fingerprint density at radius 1 is 1.00 bits per heavy atom. The Balaban J connectivity index is 1.38. The number of nitrogens with one attached hydrogen (secondary N) is 2. The molecule has 1 amide bonds. The van der Waals surface area contributed by atoms with Crippen LogP contribution in [0.2, 0.25) is 0 Å². The number of hydrogen-bond acceptors (Lipinski definition) is 7. The first kappa shape index (κ1) is 24.6. The molecule has 2 saturated heterocycles. The van der Waals surface area contributed by atoms with Crippen LogP contribution in [0.15, 0.2) is 65.3 Å². The second-order valence-electron chi connectivity index (χ2n) is 10.4. The highest BCUT2D eigenvalue weighted by Gasteiger charge is 2.27. The van der Waals surface area contributed by atoms with Gasteiger partial charge in [-0.2, -0.15) is 0 Å². The van der Waals surface area contributed by atoms with Crippen molar-refractivity contribution in [3.8, 4) is 22.5 Å². The third-order valence-electron chi connectivity index (χ3n) is 7.67. The van der Waals surface area contributed by atoms with Gasteiger partial charge in [0.05, 0.1) is 11.4 Å². The van der Waals surface area contributed by atoms with E-state index < -0.39 is 0 Å². The van der Waals surface area contributed by atoms with Crippen LogP contribution in [0.1, 0.15) is 26.7 Å². The first-order valence-electron chi connectivity index (χ1n) is 13.5. The predicted octanol–water partition coefficient (Wildman–Crippen LogP) is 4.78. The second-order valence-corrected chi connectivity index (χ2v) is 10.4. The zero-order valence-corrected chi connectivity index (χ0v) is 22.0. The largest absolute Gasteiger partial charge is 0.437 e. The molecule has 2 N–H and O–H groups in total. The Bertz CT molecular complexity index is 1400. The zero-order chi connectivity index (χ0) is 26.1. The average Bonchev–Trinajstić information content (AvgIpc) is 3.63. The molecule has 0 radical (unpaired) electrons. The van der Waals surface area contributed by atoms with Gasteiger partial charge in [-0.15, -0.1) is 0 Å². The number of furan rings is 1. The minimum atomic E-state index is -0.117. The number of hydrogen-bond donors (Lipinski definition) is 2. The summed E-state index contributed by atoms with van der Waals surface area (Å²) >= 11 is 0. The number of carbonyl (C=O) groups is 1. The Labute approximate surface area is 223 Å². The molecule has 0 saturated carbocycles. The molecule has 8 nitrogen and oxygen atoms in total. The molecule has 1 atom stereocenters. The van der Waals surface area contributed by atoms with Crippen LogP contribution in [0.25, 0.3) is 33.6 Å². The van der Waals surface area contributed by atoms with Crippen molar-refractivity contribution in [2.45, 2.75) is 38.8 Å². The van der Waals surface area contributed by atoms with E-state index in [4.69, 9.17) is 9.40 Å². The summed E-state index contributed by atoms with van der Waals surface area (Å²) in [5.74, 6) is 1.69. The van der Waals surface area contributed by atoms with E-state index in [0.717, 1.165) is 84.9 Å². The number of rotatable bonds is 6. The Morgan fingerprint density at radius 2 is 1.76 bits per heavy atom. The molecule has 2 aromatic carbocycles. The molecule has 2 aliphatic rings. The number of fused-ring (bicyclic) bond motifs is 1. The van der Waals surface area contributed by atoms with Gasteiger partial charge in [0.1, 0.15) is 17.9 Å². The summed E-state index contributed by atoms with van der Waals surface area (Å²) in [6.07, 6.45) is 3.51. The van der Waals surface area contributed by atoms with Gasteiger partial charge >= 0.3 is 0 Å². The van der Waals surface area contributed by atoms with Crippen molar-refractivity contribution in [3.05, 3.63) is 60.9 Å². The summed E-state index contributed by atoms with van der Waals surface area (Å²) in [6, 6.07) is 18.6. The van der Waals surface area contributed by atoms with Gasteiger partial charge in [-0.1, -0.05) is 30.3 Å². The minimum Gasteiger partial charge on any atom is -0.437 e. The number of nitrogens with zero attached hydrogens (tertiary/aromatic N) is 4. The van der Waals surface area contributed by atoms with Crippen LogP contribution in [-0.2, 0) is 4.79 Å². The van der Waals surface area contributed by atoms with Crippen LogP contribution in [0, 0.1) is 0 Å². The topological polar surface area (TPSA) is 86.5 Å². The number of anilines is 2. The van der Waals surface area contributed by atoms with E-state index in [1.165, 1.54) is 0 Å². The Morgan fingerprint density at radius 3 is 2.45 bits per heavy atom. The van der Waals surface area contributed by atoms with Gasteiger partial charge < -0.3 is 20.0 Å². The highest BCUT2D eigenvalue weighted by Crippen LogP contribution is 2.43. The number of aromatic nitrogens is 2. The summed E-state index contributed by atoms with van der Waals surface area (Å²) < 4.78 is 6.45. The molecule has 0 unspecified atom stereocenters. The highest BCUT2D eigenvalue weighted by atomic mass is 16.3. The van der Waals surface area contributed by atoms with Crippen molar-refractivity contribution in [3.63, 3.8) is 0 Å². The van der Waals surface area contributed by atoms with Crippen LogP contribution < -0.4 is 15.5 Å². The monoisotopic (exact) mass is 510 g/mol. The lowest BCUT2D eigenvalue weighted by Gasteiger charge is -2.37. The summed E-state index contributed by atoms with van der Waals surface area (Å²) in [7, 11) is 0. The summed E-state index contributed by atoms with van der Waals surface area (Å²) in [5, 5.41) is 7.22. The van der Waals surface area contributed by atoms with Crippen molar-refractivity contribution in [2.24, 2.45) is 0 Å². The maximum absolute atomic E-state index is 12.6. The van der Waals surface area contributed by atoms with Crippen molar-refractivity contribution in [1.82, 2.24) is 20.2 Å². The van der Waals surface area contributed by atoms with Crippen LogP contribution in [-0.4, -0.2) is 65.6 Å². The molecule has 8 heteroatoms. The van der Waals surface area contributed by atoms with Gasteiger partial charge in [-0.05, 0) is 63.1 Å². The predicted molar refractivity (Wildman–Crippen MR) is 151 cm³/mol. The minimum absolute atomic E-state index is 0.0152. The molecule has 0 spiro atoms. The van der Waals surface area contributed by atoms with E-state index in [9.17, 15) is 4.79 Å². The van der Waals surface area contributed by atoms with E-state index in [1.54, 1.807) is 6.33 Å². The van der Waals surface area contributed by atoms with E-state index in [1.807, 2.05) is 42.5 Å². The van der Waals surface area contributed by atoms with Gasteiger partial charge in [-0.3, -0.25) is 9.69 Å². The molecule has 2 aromatic heterocycles. The first-order chi connectivity index (χ1) is 18.6. The fourth-order valence-electron chi connectivity index (χ4n) is 5.53. The average molecular weight is 511 g/mol. The SMILES string of the molecule is CC(C)N1CCN(c2ncnc3oc(-c4ccc(NC(=O)[C@@H]5CCCN5)cc4)c(-c4ccccc4)c23)CC1. The molecule has 0 aliphatic carbocycles. The highest BCUT2D eigenvalue weighted by molar-refractivity contribution is 6.06. The van der Waals surface area contributed by atoms with E-state index in [0.29, 0.717) is 11.8 Å². The van der Waals surface area contributed by atoms with Crippen molar-refractivity contribution in [2.75, 3.05) is 42.9 Å². The van der Waals surface area contributed by atoms with Crippen molar-refractivity contribution in [1.29, 1.82) is 0 Å². The third kappa shape index (κ3) is 4.77. The Kier molecular flexibility index (Phi) is 6.82. The molecule has 4 aromatic rings. The van der Waals surface area contributed by atoms with Gasteiger partial charge in [0, 0.05) is 49.0 Å². The smallest absolute Gasteiger partial charge is 0.241 e. The van der Waals surface area contributed by atoms with E-state index in [2.05, 4.69) is 51.4 Å². The van der Waals surface area contributed by atoms with Gasteiger partial charge in [0.2, 0.25) is 11.6 Å². The standard InChI is InChI=1S/C30H34N6O2/c1-20(2)35-15-17-36(18-16-35)28-26-25(21-7-4-3-5-8-21)27(38-30(26)33-19-32-28)22-10-12-23(13-11-22)34-29(37)24-9-6-14-31-24/h3-5,7-8,10-13,19-20,24,31H,6,9,14-18H2,1-2H3,(H,34,37)/t24-/m0/s1. The fourth-order valence-corrected chi connectivity index (χ4v) is 5.53. The number of amides is 1. The number of piperazine rings is 1. The first-order valence-corrected chi connectivity index (χ1v) is 13.5. The quantitative estimate of drug-likeness (QED) is 0.386. The Hall–Kier alpha value is -3.75. The molecule has 0 bridgehead atoms. The van der Waals surface area contributed by atoms with Crippen LogP contribution >= 0.6 is 0 Å². The molecule has 6 rings (SSSR count).